The minimum atomic E-state index is -0.0616. The van der Waals surface area contributed by atoms with E-state index in [-0.39, 0.29) is 6.04 Å². The second kappa shape index (κ2) is 7.52. The third-order valence-corrected chi connectivity index (χ3v) is 4.79. The van der Waals surface area contributed by atoms with E-state index in [1.807, 2.05) is 66.3 Å². The van der Waals surface area contributed by atoms with Gasteiger partial charge in [0.25, 0.3) is 0 Å². The van der Waals surface area contributed by atoms with Crippen LogP contribution in [0.15, 0.2) is 67.1 Å². The molecule has 0 bridgehead atoms. The molecule has 2 aromatic heterocycles. The number of rotatable bonds is 6. The van der Waals surface area contributed by atoms with Crippen LogP contribution < -0.4 is 10.1 Å². The van der Waals surface area contributed by atoms with E-state index in [9.17, 15) is 4.79 Å². The van der Waals surface area contributed by atoms with Crippen molar-refractivity contribution in [2.45, 2.75) is 13.0 Å². The van der Waals surface area contributed by atoms with Crippen molar-refractivity contribution in [3.8, 4) is 22.7 Å². The predicted octanol–water partition coefficient (Wildman–Crippen LogP) is 3.90. The van der Waals surface area contributed by atoms with E-state index < -0.39 is 0 Å². The molecule has 1 N–H and O–H groups in total. The number of aromatic nitrogens is 3. The lowest BCUT2D eigenvalue weighted by atomic mass is 10.1. The van der Waals surface area contributed by atoms with Crippen LogP contribution >= 0.6 is 0 Å². The lowest BCUT2D eigenvalue weighted by Crippen LogP contribution is -2.15. The number of methoxy groups -OCH3 is 1. The van der Waals surface area contributed by atoms with Crippen LogP contribution in [0.3, 0.4) is 0 Å². The summed E-state index contributed by atoms with van der Waals surface area (Å²) in [6, 6.07) is 18.0. The summed E-state index contributed by atoms with van der Waals surface area (Å²) in [5, 5.41) is 2.77. The lowest BCUT2D eigenvalue weighted by Gasteiger charge is -2.12. The Bertz CT molecular complexity index is 1140. The zero-order valence-corrected chi connectivity index (χ0v) is 15.7. The quantitative estimate of drug-likeness (QED) is 0.521. The Hall–Kier alpha value is -3.67. The van der Waals surface area contributed by atoms with Crippen molar-refractivity contribution in [2.24, 2.45) is 0 Å². The van der Waals surface area contributed by atoms with Gasteiger partial charge < -0.3 is 10.1 Å². The molecule has 4 aromatic rings. The first-order valence-corrected chi connectivity index (χ1v) is 8.98. The van der Waals surface area contributed by atoms with Crippen molar-refractivity contribution in [2.75, 3.05) is 7.11 Å². The summed E-state index contributed by atoms with van der Waals surface area (Å²) in [5.41, 5.74) is 5.84. The zero-order valence-electron chi connectivity index (χ0n) is 15.7. The zero-order chi connectivity index (χ0) is 19.5. The van der Waals surface area contributed by atoms with Crippen molar-refractivity contribution >= 4 is 17.4 Å². The molecular formula is C22H20N4O2. The fourth-order valence-electron chi connectivity index (χ4n) is 3.30. The first-order valence-electron chi connectivity index (χ1n) is 8.98. The highest BCUT2D eigenvalue weighted by Gasteiger charge is 2.11. The molecule has 6 nitrogen and oxygen atoms in total. The fraction of sp³-hybridized carbons (Fsp3) is 0.136. The van der Waals surface area contributed by atoms with Crippen LogP contribution in [0.2, 0.25) is 0 Å². The molecule has 0 aliphatic rings. The standard InChI is InChI=1S/C22H20N4O2/c1-15(25-14-27)16-8-9-21-20(12-16)24-13-26(21)18-6-3-5-17(11-18)19-7-4-10-23-22(19)28-2/h3-15H,1-2H3,(H,25,27)/t15-/m1/s1. The number of ether oxygens (including phenoxy) is 1. The Balaban J connectivity index is 1.75. The van der Waals surface area contributed by atoms with E-state index in [0.29, 0.717) is 12.3 Å². The maximum atomic E-state index is 10.7. The molecule has 0 aliphatic carbocycles. The number of hydrogen-bond acceptors (Lipinski definition) is 4. The van der Waals surface area contributed by atoms with E-state index in [2.05, 4.69) is 21.4 Å². The number of carbonyl (C=O) groups is 1. The van der Waals surface area contributed by atoms with E-state index in [0.717, 1.165) is 33.4 Å². The maximum Gasteiger partial charge on any atom is 0.221 e. The highest BCUT2D eigenvalue weighted by molar-refractivity contribution is 5.79. The second-order valence-electron chi connectivity index (χ2n) is 6.48. The molecule has 0 radical (unpaired) electrons. The SMILES string of the molecule is COc1ncccc1-c1cccc(-n2cnc3cc([C@@H](C)NC=O)ccc32)c1. The number of hydrogen-bond donors (Lipinski definition) is 1. The van der Waals surface area contributed by atoms with Gasteiger partial charge in [-0.1, -0.05) is 18.2 Å². The van der Waals surface area contributed by atoms with Gasteiger partial charge in [0, 0.05) is 17.4 Å². The maximum absolute atomic E-state index is 10.7. The van der Waals surface area contributed by atoms with Gasteiger partial charge in [0.15, 0.2) is 0 Å². The van der Waals surface area contributed by atoms with E-state index in [1.54, 1.807) is 13.3 Å². The summed E-state index contributed by atoms with van der Waals surface area (Å²) in [6.45, 7) is 1.94. The molecule has 0 spiro atoms. The van der Waals surface area contributed by atoms with Crippen molar-refractivity contribution < 1.29 is 9.53 Å². The summed E-state index contributed by atoms with van der Waals surface area (Å²) in [7, 11) is 1.62. The predicted molar refractivity (Wildman–Crippen MR) is 108 cm³/mol. The van der Waals surface area contributed by atoms with Crippen LogP contribution in [0, 0.1) is 0 Å². The summed E-state index contributed by atoms with van der Waals surface area (Å²) in [4.78, 5) is 19.5. The van der Waals surface area contributed by atoms with Gasteiger partial charge in [-0.25, -0.2) is 9.97 Å². The van der Waals surface area contributed by atoms with Crippen LogP contribution in [-0.2, 0) is 4.79 Å². The van der Waals surface area contributed by atoms with Gasteiger partial charge in [-0.05, 0) is 54.4 Å². The van der Waals surface area contributed by atoms with Crippen molar-refractivity contribution in [3.63, 3.8) is 0 Å². The monoisotopic (exact) mass is 372 g/mol. The van der Waals surface area contributed by atoms with Gasteiger partial charge in [-0.3, -0.25) is 9.36 Å². The van der Waals surface area contributed by atoms with E-state index in [1.165, 1.54) is 0 Å². The van der Waals surface area contributed by atoms with E-state index >= 15 is 0 Å². The van der Waals surface area contributed by atoms with Gasteiger partial charge in [-0.2, -0.15) is 0 Å². The molecule has 0 unspecified atom stereocenters. The fourth-order valence-corrected chi connectivity index (χ4v) is 3.30. The molecule has 0 saturated heterocycles. The van der Waals surface area contributed by atoms with Crippen LogP contribution in [0.5, 0.6) is 5.88 Å². The molecule has 0 fully saturated rings. The Morgan fingerprint density at radius 2 is 2.00 bits per heavy atom. The molecule has 2 heterocycles. The Labute approximate surface area is 162 Å². The minimum absolute atomic E-state index is 0.0616. The van der Waals surface area contributed by atoms with Gasteiger partial charge in [-0.15, -0.1) is 0 Å². The largest absolute Gasteiger partial charge is 0.481 e. The first kappa shape index (κ1) is 17.7. The Morgan fingerprint density at radius 3 is 2.82 bits per heavy atom. The number of imidazole rings is 1. The molecule has 1 amide bonds. The van der Waals surface area contributed by atoms with Gasteiger partial charge in [0.05, 0.1) is 24.2 Å². The topological polar surface area (TPSA) is 69.0 Å². The van der Waals surface area contributed by atoms with Gasteiger partial charge in [0.2, 0.25) is 12.3 Å². The highest BCUT2D eigenvalue weighted by Crippen LogP contribution is 2.30. The summed E-state index contributed by atoms with van der Waals surface area (Å²) in [6.07, 6.45) is 4.24. The van der Waals surface area contributed by atoms with Crippen molar-refractivity contribution in [1.29, 1.82) is 0 Å². The third-order valence-electron chi connectivity index (χ3n) is 4.79. The first-order chi connectivity index (χ1) is 13.7. The van der Waals surface area contributed by atoms with Crippen LogP contribution in [0.25, 0.3) is 27.8 Å². The summed E-state index contributed by atoms with van der Waals surface area (Å²) < 4.78 is 7.44. The number of nitrogens with one attached hydrogen (secondary N) is 1. The van der Waals surface area contributed by atoms with Gasteiger partial charge in [0.1, 0.15) is 6.33 Å². The molecule has 28 heavy (non-hydrogen) atoms. The normalized spacial score (nSPS) is 11.9. The summed E-state index contributed by atoms with van der Waals surface area (Å²) >= 11 is 0. The van der Waals surface area contributed by atoms with Crippen LogP contribution in [0.1, 0.15) is 18.5 Å². The molecule has 1 atom stereocenters. The van der Waals surface area contributed by atoms with Crippen molar-refractivity contribution in [1.82, 2.24) is 19.9 Å². The Kier molecular flexibility index (Phi) is 4.76. The lowest BCUT2D eigenvalue weighted by molar-refractivity contribution is -0.110. The van der Waals surface area contributed by atoms with Crippen LogP contribution in [0.4, 0.5) is 0 Å². The van der Waals surface area contributed by atoms with Crippen LogP contribution in [-0.4, -0.2) is 28.1 Å². The average molecular weight is 372 g/mol. The number of amides is 1. The number of carbonyl (C=O) groups excluding carboxylic acids is 1. The molecule has 2 aromatic carbocycles. The van der Waals surface area contributed by atoms with Gasteiger partial charge >= 0.3 is 0 Å². The number of pyridine rings is 1. The molecule has 4 rings (SSSR count). The average Bonchev–Trinajstić information content (AvgIpc) is 3.17. The highest BCUT2D eigenvalue weighted by atomic mass is 16.5. The Morgan fingerprint density at radius 1 is 1.11 bits per heavy atom. The third kappa shape index (κ3) is 3.20. The molecule has 140 valence electrons. The smallest absolute Gasteiger partial charge is 0.221 e. The number of nitrogens with zero attached hydrogens (tertiary/aromatic N) is 3. The second-order valence-corrected chi connectivity index (χ2v) is 6.48. The number of fused-ring (bicyclic) bond motifs is 1. The van der Waals surface area contributed by atoms with E-state index in [4.69, 9.17) is 4.74 Å². The molecule has 0 aliphatic heterocycles. The van der Waals surface area contributed by atoms with Crippen molar-refractivity contribution in [3.05, 3.63) is 72.7 Å². The number of benzene rings is 2. The molecule has 6 heteroatoms. The molecular weight excluding hydrogens is 352 g/mol. The molecule has 0 saturated carbocycles. The summed E-state index contributed by atoms with van der Waals surface area (Å²) in [5.74, 6) is 0.594. The minimum Gasteiger partial charge on any atom is -0.481 e.